The number of hydrogen-bond donors (Lipinski definition) is 1. The number of ether oxygens (including phenoxy) is 1. The molecule has 6 heteroatoms. The molecule has 1 atom stereocenters. The highest BCUT2D eigenvalue weighted by atomic mass is 79.9. The van der Waals surface area contributed by atoms with Crippen LogP contribution in [0.15, 0.2) is 18.2 Å². The van der Waals surface area contributed by atoms with Gasteiger partial charge in [0.2, 0.25) is 0 Å². The first-order valence-electron chi connectivity index (χ1n) is 4.89. The molecule has 0 spiro atoms. The maximum atomic E-state index is 13.3. The van der Waals surface area contributed by atoms with Gasteiger partial charge in [-0.15, -0.1) is 0 Å². The number of amides is 1. The molecule has 0 aliphatic rings. The first-order valence-corrected chi connectivity index (χ1v) is 6.01. The molecule has 0 fully saturated rings. The minimum atomic E-state index is -0.755. The lowest BCUT2D eigenvalue weighted by molar-refractivity contribution is 0.0903. The highest BCUT2D eigenvalue weighted by Crippen LogP contribution is 2.10. The summed E-state index contributed by atoms with van der Waals surface area (Å²) in [4.78, 5) is 11.7. The Kier molecular flexibility index (Phi) is 5.50. The summed E-state index contributed by atoms with van der Waals surface area (Å²) >= 11 is 3.19. The summed E-state index contributed by atoms with van der Waals surface area (Å²) in [5, 5.41) is 3.00. The Bertz CT molecular complexity index is 401. The largest absolute Gasteiger partial charge is 0.383 e. The number of benzene rings is 1. The summed E-state index contributed by atoms with van der Waals surface area (Å²) in [5.74, 6) is -2.07. The lowest BCUT2D eigenvalue weighted by Gasteiger charge is -2.15. The van der Waals surface area contributed by atoms with Gasteiger partial charge >= 0.3 is 0 Å². The molecule has 0 saturated heterocycles. The van der Waals surface area contributed by atoms with Gasteiger partial charge in [0.25, 0.3) is 5.91 Å². The van der Waals surface area contributed by atoms with Crippen LogP contribution in [0.5, 0.6) is 0 Å². The molecule has 17 heavy (non-hydrogen) atoms. The molecule has 0 aromatic heterocycles. The summed E-state index contributed by atoms with van der Waals surface area (Å²) in [6, 6.07) is 2.45. The van der Waals surface area contributed by atoms with E-state index in [-0.39, 0.29) is 18.2 Å². The molecule has 0 aliphatic carbocycles. The third-order valence-electron chi connectivity index (χ3n) is 2.06. The lowest BCUT2D eigenvalue weighted by Crippen LogP contribution is -2.39. The number of methoxy groups -OCH3 is 1. The third kappa shape index (κ3) is 4.05. The van der Waals surface area contributed by atoms with Crippen molar-refractivity contribution in [1.82, 2.24) is 5.32 Å². The van der Waals surface area contributed by atoms with Crippen molar-refractivity contribution in [1.29, 1.82) is 0 Å². The number of rotatable bonds is 5. The zero-order chi connectivity index (χ0) is 12.8. The van der Waals surface area contributed by atoms with Crippen LogP contribution in [0.4, 0.5) is 8.78 Å². The van der Waals surface area contributed by atoms with Crippen LogP contribution >= 0.6 is 15.9 Å². The summed E-state index contributed by atoms with van der Waals surface area (Å²) in [5.41, 5.74) is -0.313. The van der Waals surface area contributed by atoms with E-state index in [2.05, 4.69) is 21.2 Å². The first-order chi connectivity index (χ1) is 8.08. The van der Waals surface area contributed by atoms with Crippen molar-refractivity contribution in [3.05, 3.63) is 35.4 Å². The van der Waals surface area contributed by atoms with Gasteiger partial charge in [-0.3, -0.25) is 4.79 Å². The number of carbonyl (C=O) groups is 1. The Hall–Kier alpha value is -1.01. The van der Waals surface area contributed by atoms with Gasteiger partial charge in [-0.25, -0.2) is 8.78 Å². The van der Waals surface area contributed by atoms with E-state index in [4.69, 9.17) is 4.74 Å². The fourth-order valence-corrected chi connectivity index (χ4v) is 1.61. The van der Waals surface area contributed by atoms with E-state index in [0.29, 0.717) is 5.33 Å². The van der Waals surface area contributed by atoms with Crippen LogP contribution in [0, 0.1) is 11.6 Å². The lowest BCUT2D eigenvalue weighted by atomic mass is 10.2. The van der Waals surface area contributed by atoms with Gasteiger partial charge in [-0.2, -0.15) is 0 Å². The molecule has 1 unspecified atom stereocenters. The molecule has 0 bridgehead atoms. The van der Waals surface area contributed by atoms with Gasteiger partial charge in [-0.1, -0.05) is 15.9 Å². The summed E-state index contributed by atoms with van der Waals surface area (Å²) in [6.45, 7) is 0.286. The molecule has 0 heterocycles. The predicted octanol–water partition coefficient (Wildman–Crippen LogP) is 2.10. The molecule has 1 N–H and O–H groups in total. The van der Waals surface area contributed by atoms with Crippen LogP contribution < -0.4 is 5.32 Å². The van der Waals surface area contributed by atoms with Crippen molar-refractivity contribution in [3.63, 3.8) is 0 Å². The first kappa shape index (κ1) is 14.1. The topological polar surface area (TPSA) is 38.3 Å². The second-order valence-electron chi connectivity index (χ2n) is 3.40. The Balaban J connectivity index is 2.78. The molecule has 1 aromatic rings. The fraction of sp³-hybridized carbons (Fsp3) is 0.364. The molecule has 94 valence electrons. The second-order valence-corrected chi connectivity index (χ2v) is 4.05. The van der Waals surface area contributed by atoms with Crippen LogP contribution in [-0.2, 0) is 4.74 Å². The minimum Gasteiger partial charge on any atom is -0.383 e. The molecule has 1 rings (SSSR count). The van der Waals surface area contributed by atoms with E-state index < -0.39 is 17.5 Å². The molecule has 0 radical (unpaired) electrons. The molecular weight excluding hydrogens is 296 g/mol. The predicted molar refractivity (Wildman–Crippen MR) is 63.3 cm³/mol. The van der Waals surface area contributed by atoms with Crippen LogP contribution in [-0.4, -0.2) is 31.0 Å². The maximum absolute atomic E-state index is 13.3. The second kappa shape index (κ2) is 6.66. The van der Waals surface area contributed by atoms with E-state index >= 15 is 0 Å². The highest BCUT2D eigenvalue weighted by molar-refractivity contribution is 9.09. The zero-order valence-corrected chi connectivity index (χ0v) is 10.8. The van der Waals surface area contributed by atoms with E-state index in [1.807, 2.05) is 0 Å². The van der Waals surface area contributed by atoms with Gasteiger partial charge < -0.3 is 10.1 Å². The maximum Gasteiger partial charge on any atom is 0.254 e. The monoisotopic (exact) mass is 307 g/mol. The van der Waals surface area contributed by atoms with Gasteiger partial charge in [0.05, 0.1) is 18.2 Å². The van der Waals surface area contributed by atoms with Crippen LogP contribution in [0.3, 0.4) is 0 Å². The summed E-state index contributed by atoms with van der Waals surface area (Å²) < 4.78 is 31.1. The standard InChI is InChI=1S/C11H12BrF2NO2/c1-17-6-8(5-12)15-11(16)9-4-7(13)2-3-10(9)14/h2-4,8H,5-6H2,1H3,(H,15,16). The molecule has 1 aromatic carbocycles. The smallest absolute Gasteiger partial charge is 0.254 e. The third-order valence-corrected chi connectivity index (χ3v) is 2.84. The van der Waals surface area contributed by atoms with Crippen LogP contribution in [0.1, 0.15) is 10.4 Å². The van der Waals surface area contributed by atoms with Crippen LogP contribution in [0.2, 0.25) is 0 Å². The molecule has 3 nitrogen and oxygen atoms in total. The highest BCUT2D eigenvalue weighted by Gasteiger charge is 2.16. The van der Waals surface area contributed by atoms with E-state index in [1.165, 1.54) is 7.11 Å². The average Bonchev–Trinajstić information content (AvgIpc) is 2.31. The van der Waals surface area contributed by atoms with E-state index in [0.717, 1.165) is 18.2 Å². The number of alkyl halides is 1. The number of carbonyl (C=O) groups excluding carboxylic acids is 1. The Labute approximate surface area is 106 Å². The number of halogens is 3. The van der Waals surface area contributed by atoms with Gasteiger partial charge in [0.15, 0.2) is 0 Å². The molecular formula is C11H12BrF2NO2. The summed E-state index contributed by atoms with van der Waals surface area (Å²) in [6.07, 6.45) is 0. The van der Waals surface area contributed by atoms with Crippen LogP contribution in [0.25, 0.3) is 0 Å². The van der Waals surface area contributed by atoms with Crippen molar-refractivity contribution < 1.29 is 18.3 Å². The van der Waals surface area contributed by atoms with Crippen molar-refractivity contribution >= 4 is 21.8 Å². The molecule has 1 amide bonds. The normalized spacial score (nSPS) is 12.2. The molecule has 0 aliphatic heterocycles. The molecule has 0 saturated carbocycles. The Morgan fingerprint density at radius 3 is 2.82 bits per heavy atom. The van der Waals surface area contributed by atoms with Gasteiger partial charge in [-0.05, 0) is 18.2 Å². The van der Waals surface area contributed by atoms with Crippen molar-refractivity contribution in [3.8, 4) is 0 Å². The average molecular weight is 308 g/mol. The number of nitrogens with one attached hydrogen (secondary N) is 1. The van der Waals surface area contributed by atoms with Crippen molar-refractivity contribution in [2.24, 2.45) is 0 Å². The van der Waals surface area contributed by atoms with Gasteiger partial charge in [0, 0.05) is 12.4 Å². The number of hydrogen-bond acceptors (Lipinski definition) is 2. The minimum absolute atomic E-state index is 0.286. The Morgan fingerprint density at radius 1 is 1.53 bits per heavy atom. The summed E-state index contributed by atoms with van der Waals surface area (Å²) in [7, 11) is 1.49. The van der Waals surface area contributed by atoms with Crippen molar-refractivity contribution in [2.45, 2.75) is 6.04 Å². The van der Waals surface area contributed by atoms with E-state index in [9.17, 15) is 13.6 Å². The Morgan fingerprint density at radius 2 is 2.24 bits per heavy atom. The SMILES string of the molecule is COCC(CBr)NC(=O)c1cc(F)ccc1F. The van der Waals surface area contributed by atoms with Crippen molar-refractivity contribution in [2.75, 3.05) is 19.0 Å². The zero-order valence-electron chi connectivity index (χ0n) is 9.17. The fourth-order valence-electron chi connectivity index (χ4n) is 1.26. The quantitative estimate of drug-likeness (QED) is 0.846. The van der Waals surface area contributed by atoms with Gasteiger partial charge in [0.1, 0.15) is 11.6 Å². The van der Waals surface area contributed by atoms with E-state index in [1.54, 1.807) is 0 Å².